The lowest BCUT2D eigenvalue weighted by Gasteiger charge is -2.70. The third-order valence-electron chi connectivity index (χ3n) is 7.48. The van der Waals surface area contributed by atoms with Crippen LogP contribution in [0.4, 0.5) is 0 Å². The molecule has 1 amide bonds. The maximum atomic E-state index is 13.2. The lowest BCUT2D eigenvalue weighted by molar-refractivity contribution is -0.234. The fourth-order valence-electron chi connectivity index (χ4n) is 5.73. The zero-order chi connectivity index (χ0) is 21.4. The Morgan fingerprint density at radius 1 is 1.20 bits per heavy atom. The maximum absolute atomic E-state index is 13.2. The van der Waals surface area contributed by atoms with Crippen LogP contribution in [0.25, 0.3) is 0 Å². The van der Waals surface area contributed by atoms with Gasteiger partial charge in [0.05, 0.1) is 18.1 Å². The van der Waals surface area contributed by atoms with E-state index in [0.717, 1.165) is 50.7 Å². The molecule has 1 aromatic rings. The van der Waals surface area contributed by atoms with Gasteiger partial charge in [0.25, 0.3) is 0 Å². The Bertz CT molecular complexity index is 801. The second-order valence-corrected chi connectivity index (χ2v) is 9.82. The van der Waals surface area contributed by atoms with Crippen molar-refractivity contribution in [3.05, 3.63) is 29.3 Å². The van der Waals surface area contributed by atoms with E-state index in [9.17, 15) is 9.59 Å². The monoisotopic (exact) mass is 434 g/mol. The smallest absolute Gasteiger partial charge is 0.311 e. The molecule has 1 aromatic carbocycles. The molecule has 7 heteroatoms. The molecule has 0 heterocycles. The number of methoxy groups -OCH3 is 1. The summed E-state index contributed by atoms with van der Waals surface area (Å²) in [7, 11) is 1.45. The highest BCUT2D eigenvalue weighted by Gasteiger charge is 2.74. The summed E-state index contributed by atoms with van der Waals surface area (Å²) in [6, 6.07) is 7.37. The van der Waals surface area contributed by atoms with Gasteiger partial charge in [-0.25, -0.2) is 0 Å². The number of rotatable bonds is 9. The Labute approximate surface area is 183 Å². The molecule has 4 fully saturated rings. The minimum Gasteiger partial charge on any atom is -0.492 e. The minimum absolute atomic E-state index is 0.0542. The number of halogens is 1. The molecule has 5 rings (SSSR count). The predicted octanol–water partition coefficient (Wildman–Crippen LogP) is 3.47. The summed E-state index contributed by atoms with van der Waals surface area (Å²) in [6.45, 7) is 3.13. The van der Waals surface area contributed by atoms with Crippen molar-refractivity contribution in [2.45, 2.75) is 63.5 Å². The Morgan fingerprint density at radius 3 is 2.53 bits per heavy atom. The van der Waals surface area contributed by atoms with Gasteiger partial charge in [-0.3, -0.25) is 14.9 Å². The van der Waals surface area contributed by atoms with Crippen LogP contribution in [0.5, 0.6) is 5.75 Å². The first-order valence-electron chi connectivity index (χ1n) is 10.9. The number of esters is 1. The lowest BCUT2D eigenvalue weighted by atomic mass is 9.33. The number of hydrogen-bond donors (Lipinski definition) is 2. The minimum atomic E-state index is -0.532. The van der Waals surface area contributed by atoms with E-state index in [1.807, 2.05) is 18.2 Å². The molecule has 2 N–H and O–H groups in total. The van der Waals surface area contributed by atoms with Crippen LogP contribution in [0.3, 0.4) is 0 Å². The van der Waals surface area contributed by atoms with Gasteiger partial charge in [0.2, 0.25) is 5.91 Å². The van der Waals surface area contributed by atoms with E-state index in [0.29, 0.717) is 18.2 Å². The Hall–Kier alpha value is -1.79. The van der Waals surface area contributed by atoms with E-state index >= 15 is 0 Å². The number of carbonyl (C=O) groups excluding carboxylic acids is 2. The molecule has 0 saturated heterocycles. The SMILES string of the molecule is COC(=O)C12CC([C@H](C)NC(=O)C3(NCCOc4cccc(Cl)c4)CCCC3)(C1)C2. The highest BCUT2D eigenvalue weighted by atomic mass is 35.5. The Balaban J connectivity index is 1.28. The first kappa shape index (κ1) is 21.4. The number of nitrogens with one attached hydrogen (secondary N) is 2. The third kappa shape index (κ3) is 3.69. The Morgan fingerprint density at radius 2 is 1.90 bits per heavy atom. The normalized spacial score (nSPS) is 29.3. The molecule has 0 unspecified atom stereocenters. The quantitative estimate of drug-likeness (QED) is 0.459. The summed E-state index contributed by atoms with van der Waals surface area (Å²) in [6.07, 6.45) is 6.22. The highest BCUT2D eigenvalue weighted by Crippen LogP contribution is 2.75. The van der Waals surface area contributed by atoms with Crippen LogP contribution >= 0.6 is 11.6 Å². The van der Waals surface area contributed by atoms with Crippen molar-refractivity contribution in [2.75, 3.05) is 20.3 Å². The highest BCUT2D eigenvalue weighted by molar-refractivity contribution is 6.30. The summed E-state index contributed by atoms with van der Waals surface area (Å²) in [5.74, 6) is 0.703. The van der Waals surface area contributed by atoms with Gasteiger partial charge in [-0.15, -0.1) is 0 Å². The molecule has 6 nitrogen and oxygen atoms in total. The van der Waals surface area contributed by atoms with E-state index in [1.165, 1.54) is 7.11 Å². The molecule has 30 heavy (non-hydrogen) atoms. The topological polar surface area (TPSA) is 76.7 Å². The summed E-state index contributed by atoms with van der Waals surface area (Å²) in [4.78, 5) is 25.2. The number of hydrogen-bond acceptors (Lipinski definition) is 5. The van der Waals surface area contributed by atoms with Gasteiger partial charge in [0, 0.05) is 17.6 Å². The summed E-state index contributed by atoms with van der Waals surface area (Å²) in [5.41, 5.74) is -0.760. The number of ether oxygens (including phenoxy) is 2. The summed E-state index contributed by atoms with van der Waals surface area (Å²) >= 11 is 5.99. The third-order valence-corrected chi connectivity index (χ3v) is 7.71. The van der Waals surface area contributed by atoms with Crippen LogP contribution < -0.4 is 15.4 Å². The van der Waals surface area contributed by atoms with Crippen LogP contribution in [-0.2, 0) is 14.3 Å². The van der Waals surface area contributed by atoms with Gasteiger partial charge < -0.3 is 14.8 Å². The van der Waals surface area contributed by atoms with Crippen molar-refractivity contribution in [1.82, 2.24) is 10.6 Å². The molecule has 0 aromatic heterocycles. The van der Waals surface area contributed by atoms with Crippen molar-refractivity contribution >= 4 is 23.5 Å². The zero-order valence-corrected chi connectivity index (χ0v) is 18.5. The van der Waals surface area contributed by atoms with Crippen molar-refractivity contribution in [1.29, 1.82) is 0 Å². The summed E-state index contributed by atoms with van der Waals surface area (Å²) < 4.78 is 10.7. The van der Waals surface area contributed by atoms with Crippen LogP contribution in [0.15, 0.2) is 24.3 Å². The largest absolute Gasteiger partial charge is 0.492 e. The molecule has 4 aliphatic rings. The van der Waals surface area contributed by atoms with Gasteiger partial charge in [0.15, 0.2) is 0 Å². The number of benzene rings is 1. The maximum Gasteiger partial charge on any atom is 0.311 e. The molecule has 0 radical (unpaired) electrons. The van der Waals surface area contributed by atoms with Crippen molar-refractivity contribution < 1.29 is 19.1 Å². The molecular formula is C23H31ClN2O4. The van der Waals surface area contributed by atoms with E-state index in [4.69, 9.17) is 21.1 Å². The van der Waals surface area contributed by atoms with E-state index in [-0.39, 0.29) is 28.7 Å². The average molecular weight is 435 g/mol. The van der Waals surface area contributed by atoms with Crippen LogP contribution in [0.1, 0.15) is 51.9 Å². The first-order chi connectivity index (χ1) is 14.3. The fourth-order valence-corrected chi connectivity index (χ4v) is 5.91. The predicted molar refractivity (Wildman–Crippen MR) is 114 cm³/mol. The average Bonchev–Trinajstić information content (AvgIpc) is 3.13. The van der Waals surface area contributed by atoms with E-state index in [2.05, 4.69) is 17.6 Å². The molecule has 0 spiro atoms. The summed E-state index contributed by atoms with van der Waals surface area (Å²) in [5, 5.41) is 7.39. The second kappa shape index (κ2) is 8.04. The standard InChI is InChI=1S/C23H31ClN2O4/c1-16(21-13-22(14-21,15-21)20(28)29-2)26-19(27)23(8-3-4-9-23)25-10-11-30-18-7-5-6-17(24)12-18/h5-7,12,16,25H,3-4,8-11,13-15H2,1-2H3,(H,26,27)/t16-,21?,22?/m0/s1. The molecule has 1 atom stereocenters. The van der Waals surface area contributed by atoms with Crippen LogP contribution in [0, 0.1) is 10.8 Å². The molecule has 4 saturated carbocycles. The molecular weight excluding hydrogens is 404 g/mol. The van der Waals surface area contributed by atoms with E-state index < -0.39 is 5.54 Å². The van der Waals surface area contributed by atoms with Crippen molar-refractivity contribution in [3.63, 3.8) is 0 Å². The van der Waals surface area contributed by atoms with Crippen LogP contribution in [0.2, 0.25) is 5.02 Å². The van der Waals surface area contributed by atoms with Gasteiger partial charge in [0.1, 0.15) is 12.4 Å². The van der Waals surface area contributed by atoms with Crippen molar-refractivity contribution in [2.24, 2.45) is 10.8 Å². The van der Waals surface area contributed by atoms with Crippen molar-refractivity contribution in [3.8, 4) is 5.75 Å². The molecule has 164 valence electrons. The molecule has 2 bridgehead atoms. The number of carbonyl (C=O) groups is 2. The van der Waals surface area contributed by atoms with Gasteiger partial charge >= 0.3 is 5.97 Å². The van der Waals surface area contributed by atoms with Crippen LogP contribution in [-0.4, -0.2) is 43.7 Å². The van der Waals surface area contributed by atoms with Gasteiger partial charge in [-0.2, -0.15) is 0 Å². The first-order valence-corrected chi connectivity index (χ1v) is 11.2. The van der Waals surface area contributed by atoms with Gasteiger partial charge in [-0.05, 0) is 62.6 Å². The zero-order valence-electron chi connectivity index (χ0n) is 17.8. The lowest BCUT2D eigenvalue weighted by Crippen LogP contribution is -2.73. The van der Waals surface area contributed by atoms with E-state index in [1.54, 1.807) is 6.07 Å². The number of amides is 1. The Kier molecular flexibility index (Phi) is 5.75. The molecule has 4 aliphatic carbocycles. The second-order valence-electron chi connectivity index (χ2n) is 9.38. The fraction of sp³-hybridized carbons (Fsp3) is 0.652. The van der Waals surface area contributed by atoms with Gasteiger partial charge in [-0.1, -0.05) is 30.5 Å². The molecule has 0 aliphatic heterocycles.